The summed E-state index contributed by atoms with van der Waals surface area (Å²) in [6.45, 7) is 4.03. The minimum Gasteiger partial charge on any atom is -0.386 e. The normalized spacial score (nSPS) is 32.5. The molecule has 1 fully saturated rings. The molecule has 2 aliphatic rings. The van der Waals surface area contributed by atoms with Crippen molar-refractivity contribution in [2.75, 3.05) is 6.61 Å². The number of hydrogen-bond donors (Lipinski definition) is 7. The third kappa shape index (κ3) is 6.13. The molecule has 180 valence electrons. The molecule has 0 aromatic heterocycles. The van der Waals surface area contributed by atoms with Crippen LogP contribution in [0.2, 0.25) is 0 Å². The number of phosphoric ester groups is 1. The zero-order valence-electron chi connectivity index (χ0n) is 16.2. The second kappa shape index (κ2) is 9.09. The molecule has 0 saturated carbocycles. The van der Waals surface area contributed by atoms with Crippen LogP contribution in [0.4, 0.5) is 0 Å². The maximum absolute atomic E-state index is 11.9. The maximum Gasteiger partial charge on any atom is 0.490 e. The largest absolute Gasteiger partial charge is 0.490 e. The number of hydrogen-bond acceptors (Lipinski definition) is 12. The lowest BCUT2D eigenvalue weighted by Gasteiger charge is -2.32. The third-order valence-corrected chi connectivity index (χ3v) is 7.87. The van der Waals surface area contributed by atoms with Crippen molar-refractivity contribution in [1.82, 2.24) is 4.90 Å². The van der Waals surface area contributed by atoms with Crippen LogP contribution in [0.25, 0.3) is 0 Å². The lowest BCUT2D eigenvalue weighted by molar-refractivity contribution is -0.101. The minimum absolute atomic E-state index is 0.00468. The molecule has 16 nitrogen and oxygen atoms in total. The van der Waals surface area contributed by atoms with Gasteiger partial charge in [0.2, 0.25) is 0 Å². The number of aliphatic imine (C=N–C) groups is 1. The lowest BCUT2D eigenvalue weighted by Crippen LogP contribution is -2.45. The van der Waals surface area contributed by atoms with Crippen LogP contribution in [0.5, 0.6) is 0 Å². The Kier molecular flexibility index (Phi) is 7.63. The molecule has 0 aromatic carbocycles. The summed E-state index contributed by atoms with van der Waals surface area (Å²) >= 11 is 0. The molecule has 2 heterocycles. The van der Waals surface area contributed by atoms with Crippen molar-refractivity contribution in [1.29, 1.82) is 0 Å². The molecule has 2 rings (SSSR count). The SMILES string of the molecule is C#C[C@]1(COP(=O)(O)OP(=O)(O)OP(=O)(O)O)O[C@@H](N2C=C(C)C(N)=NC2=C)C(O)[C@H]1O. The Morgan fingerprint density at radius 3 is 2.41 bits per heavy atom. The summed E-state index contributed by atoms with van der Waals surface area (Å²) in [4.78, 5) is 41.0. The molecule has 1 saturated heterocycles. The minimum atomic E-state index is -5.77. The van der Waals surface area contributed by atoms with E-state index < -0.39 is 54.1 Å². The van der Waals surface area contributed by atoms with E-state index in [0.29, 0.717) is 5.57 Å². The van der Waals surface area contributed by atoms with Crippen molar-refractivity contribution in [2.45, 2.75) is 31.0 Å². The van der Waals surface area contributed by atoms with Crippen LogP contribution in [-0.2, 0) is 31.6 Å². The van der Waals surface area contributed by atoms with Crippen LogP contribution >= 0.6 is 23.5 Å². The lowest BCUT2D eigenvalue weighted by atomic mass is 9.97. The molecule has 8 N–H and O–H groups in total. The highest BCUT2D eigenvalue weighted by Crippen LogP contribution is 2.66. The Morgan fingerprint density at radius 1 is 1.28 bits per heavy atom. The fourth-order valence-electron chi connectivity index (χ4n) is 2.62. The predicted octanol–water partition coefficient (Wildman–Crippen LogP) is -1.17. The van der Waals surface area contributed by atoms with Gasteiger partial charge in [-0.1, -0.05) is 12.5 Å². The van der Waals surface area contributed by atoms with Crippen molar-refractivity contribution < 1.29 is 61.4 Å². The first-order valence-corrected chi connectivity index (χ1v) is 12.7. The van der Waals surface area contributed by atoms with E-state index in [4.69, 9.17) is 26.7 Å². The number of terminal acetylenes is 1. The van der Waals surface area contributed by atoms with E-state index in [2.05, 4.69) is 24.7 Å². The molecule has 0 aliphatic carbocycles. The Labute approximate surface area is 181 Å². The summed E-state index contributed by atoms with van der Waals surface area (Å²) < 4.78 is 51.1. The summed E-state index contributed by atoms with van der Waals surface area (Å²) in [6.07, 6.45) is 1.69. The molecule has 3 unspecified atom stereocenters. The zero-order chi connectivity index (χ0) is 24.7. The summed E-state index contributed by atoms with van der Waals surface area (Å²) in [6, 6.07) is 0. The molecule has 0 radical (unpaired) electrons. The van der Waals surface area contributed by atoms with E-state index in [0.717, 1.165) is 0 Å². The first kappa shape index (κ1) is 26.8. The van der Waals surface area contributed by atoms with Crippen molar-refractivity contribution in [3.05, 3.63) is 24.2 Å². The average molecular weight is 519 g/mol. The summed E-state index contributed by atoms with van der Waals surface area (Å²) in [5, 5.41) is 20.8. The second-order valence-corrected chi connectivity index (χ2v) is 10.9. The third-order valence-electron chi connectivity index (χ3n) is 4.09. The van der Waals surface area contributed by atoms with Gasteiger partial charge in [0, 0.05) is 11.8 Å². The van der Waals surface area contributed by atoms with Gasteiger partial charge in [-0.3, -0.25) is 4.52 Å². The fraction of sp³-hybridized carbons (Fsp3) is 0.462. The molecular weight excluding hydrogens is 499 g/mol. The smallest absolute Gasteiger partial charge is 0.386 e. The topological polar surface area (TPSA) is 251 Å². The van der Waals surface area contributed by atoms with E-state index in [9.17, 15) is 33.7 Å². The monoisotopic (exact) mass is 519 g/mol. The number of aliphatic hydroxyl groups is 2. The Morgan fingerprint density at radius 2 is 1.88 bits per heavy atom. The van der Waals surface area contributed by atoms with Crippen molar-refractivity contribution in [3.8, 4) is 12.3 Å². The molecular formula is C13H20N3O13P3. The number of aliphatic hydroxyl groups excluding tert-OH is 2. The van der Waals surface area contributed by atoms with Crippen LogP contribution < -0.4 is 5.73 Å². The highest BCUT2D eigenvalue weighted by molar-refractivity contribution is 7.66. The van der Waals surface area contributed by atoms with Gasteiger partial charge in [-0.25, -0.2) is 18.7 Å². The van der Waals surface area contributed by atoms with Gasteiger partial charge in [0.1, 0.15) is 30.5 Å². The van der Waals surface area contributed by atoms with Gasteiger partial charge in [-0.05, 0) is 6.92 Å². The quantitative estimate of drug-likeness (QED) is 0.147. The van der Waals surface area contributed by atoms with Gasteiger partial charge in [0.05, 0.1) is 0 Å². The van der Waals surface area contributed by atoms with Crippen LogP contribution in [0.1, 0.15) is 6.92 Å². The van der Waals surface area contributed by atoms with E-state index in [1.165, 1.54) is 11.1 Å². The average Bonchev–Trinajstić information content (AvgIpc) is 2.85. The number of rotatable bonds is 8. The van der Waals surface area contributed by atoms with Crippen molar-refractivity contribution in [2.24, 2.45) is 10.7 Å². The predicted molar refractivity (Wildman–Crippen MR) is 105 cm³/mol. The van der Waals surface area contributed by atoms with E-state index in [1.807, 2.05) is 5.92 Å². The number of nitrogens with two attached hydrogens (primary N) is 1. The fourth-order valence-corrected chi connectivity index (χ4v) is 5.67. The van der Waals surface area contributed by atoms with Crippen LogP contribution in [0, 0.1) is 12.3 Å². The van der Waals surface area contributed by atoms with Crippen LogP contribution in [-0.4, -0.2) is 71.2 Å². The maximum atomic E-state index is 11.9. The van der Waals surface area contributed by atoms with E-state index >= 15 is 0 Å². The molecule has 19 heteroatoms. The van der Waals surface area contributed by atoms with Crippen LogP contribution in [0.3, 0.4) is 0 Å². The molecule has 0 spiro atoms. The van der Waals surface area contributed by atoms with Crippen molar-refractivity contribution in [3.63, 3.8) is 0 Å². The van der Waals surface area contributed by atoms with E-state index in [1.54, 1.807) is 6.92 Å². The Balaban J connectivity index is 2.19. The summed E-state index contributed by atoms with van der Waals surface area (Å²) in [5.74, 6) is 2.10. The number of ether oxygens (including phenoxy) is 1. The highest BCUT2D eigenvalue weighted by atomic mass is 31.3. The first-order valence-electron chi connectivity index (χ1n) is 8.22. The van der Waals surface area contributed by atoms with Gasteiger partial charge < -0.3 is 45.2 Å². The van der Waals surface area contributed by atoms with Gasteiger partial charge >= 0.3 is 23.5 Å². The van der Waals surface area contributed by atoms with Crippen LogP contribution in [0.15, 0.2) is 29.2 Å². The molecule has 0 amide bonds. The number of nitrogens with zero attached hydrogens (tertiary/aromatic N) is 2. The first-order chi connectivity index (χ1) is 14.4. The van der Waals surface area contributed by atoms with Gasteiger partial charge in [0.25, 0.3) is 0 Å². The van der Waals surface area contributed by atoms with Crippen molar-refractivity contribution >= 4 is 29.3 Å². The Hall–Kier alpha value is -1.40. The number of amidine groups is 1. The molecule has 32 heavy (non-hydrogen) atoms. The standard InChI is InChI=1S/C13H20N3O13P3/c1-4-13(6-26-31(22,23)29-32(24,25)28-30(19,20)21)10(18)9(17)12(27-13)16-5-7(2)11(14)15-8(16)3/h1,5,9-10,12,17-18H,3,6H2,2H3,(H2,14,15)(H,22,23)(H,24,25)(H2,19,20,21)/t9?,10-,12-,13-/m1/s1. The van der Waals surface area contributed by atoms with E-state index in [-0.39, 0.29) is 11.7 Å². The van der Waals surface area contributed by atoms with Gasteiger partial charge in [-0.15, -0.1) is 6.42 Å². The summed E-state index contributed by atoms with van der Waals surface area (Å²) in [7, 11) is -16.9. The van der Waals surface area contributed by atoms with Gasteiger partial charge in [-0.2, -0.15) is 8.62 Å². The molecule has 2 aliphatic heterocycles. The summed E-state index contributed by atoms with van der Waals surface area (Å²) in [5.41, 5.74) is 3.83. The van der Waals surface area contributed by atoms with Gasteiger partial charge in [0.15, 0.2) is 11.8 Å². The highest BCUT2D eigenvalue weighted by Gasteiger charge is 2.57. The second-order valence-electron chi connectivity index (χ2n) is 6.47. The molecule has 6 atom stereocenters. The Bertz CT molecular complexity index is 1030. The number of phosphoric acid groups is 3. The molecule has 0 bridgehead atoms. The zero-order valence-corrected chi connectivity index (χ0v) is 18.8. The molecule has 0 aromatic rings.